The van der Waals surface area contributed by atoms with Crippen LogP contribution in [0.2, 0.25) is 0 Å². The van der Waals surface area contributed by atoms with Gasteiger partial charge >= 0.3 is 0 Å². The molecule has 1 saturated carbocycles. The van der Waals surface area contributed by atoms with Crippen LogP contribution in [0.4, 0.5) is 0 Å². The quantitative estimate of drug-likeness (QED) is 0.928. The molecule has 118 valence electrons. The number of nitrogens with one attached hydrogen (secondary N) is 1. The van der Waals surface area contributed by atoms with Crippen LogP contribution in [0, 0.1) is 0 Å². The van der Waals surface area contributed by atoms with Gasteiger partial charge in [0.1, 0.15) is 0 Å². The fourth-order valence-corrected chi connectivity index (χ4v) is 3.60. The van der Waals surface area contributed by atoms with Gasteiger partial charge in [0.05, 0.1) is 12.5 Å². The zero-order valence-corrected chi connectivity index (χ0v) is 13.0. The predicted molar refractivity (Wildman–Crippen MR) is 80.4 cm³/mol. The summed E-state index contributed by atoms with van der Waals surface area (Å²) in [5, 5.41) is 7.64. The molecular weight excluding hydrogens is 266 g/mol. The first-order valence-corrected chi connectivity index (χ1v) is 8.47. The van der Waals surface area contributed by atoms with Crippen LogP contribution in [0.15, 0.2) is 4.52 Å². The van der Waals surface area contributed by atoms with Crippen molar-refractivity contribution in [3.8, 4) is 0 Å². The van der Waals surface area contributed by atoms with Gasteiger partial charge < -0.3 is 14.6 Å². The molecule has 2 aliphatic rings. The van der Waals surface area contributed by atoms with Crippen molar-refractivity contribution in [3.05, 3.63) is 11.7 Å². The lowest BCUT2D eigenvalue weighted by Gasteiger charge is -2.28. The van der Waals surface area contributed by atoms with E-state index >= 15 is 0 Å². The number of hydrogen-bond donors (Lipinski definition) is 1. The largest absolute Gasteiger partial charge is 0.381 e. The van der Waals surface area contributed by atoms with Crippen molar-refractivity contribution in [1.29, 1.82) is 0 Å². The van der Waals surface area contributed by atoms with Crippen LogP contribution in [-0.4, -0.2) is 36.4 Å². The number of likely N-dealkylation sites (N-methyl/N-ethyl adjacent to an activating group) is 1. The molecule has 5 nitrogen and oxygen atoms in total. The molecule has 0 radical (unpaired) electrons. The van der Waals surface area contributed by atoms with Gasteiger partial charge in [-0.1, -0.05) is 37.3 Å². The molecule has 2 atom stereocenters. The molecule has 0 aromatic carbocycles. The van der Waals surface area contributed by atoms with Crippen LogP contribution in [0.3, 0.4) is 0 Å². The molecule has 5 heteroatoms. The Kier molecular flexibility index (Phi) is 5.25. The third kappa shape index (κ3) is 3.64. The fraction of sp³-hybridized carbons (Fsp3) is 0.875. The van der Waals surface area contributed by atoms with Crippen molar-refractivity contribution in [1.82, 2.24) is 15.5 Å². The highest BCUT2D eigenvalue weighted by molar-refractivity contribution is 5.04. The number of aromatic nitrogens is 2. The highest BCUT2D eigenvalue weighted by atomic mass is 16.5. The molecule has 21 heavy (non-hydrogen) atoms. The van der Waals surface area contributed by atoms with E-state index < -0.39 is 0 Å². The van der Waals surface area contributed by atoms with Gasteiger partial charge in [-0.25, -0.2) is 0 Å². The van der Waals surface area contributed by atoms with Crippen molar-refractivity contribution in [2.24, 2.45) is 0 Å². The van der Waals surface area contributed by atoms with Crippen molar-refractivity contribution in [2.75, 3.05) is 20.3 Å². The third-order valence-electron chi connectivity index (χ3n) is 4.97. The minimum Gasteiger partial charge on any atom is -0.381 e. The fourth-order valence-electron chi connectivity index (χ4n) is 3.60. The monoisotopic (exact) mass is 293 g/mol. The lowest BCUT2D eigenvalue weighted by Crippen LogP contribution is -2.39. The molecule has 0 bridgehead atoms. The molecule has 1 aliphatic heterocycles. The summed E-state index contributed by atoms with van der Waals surface area (Å²) in [6.07, 6.45) is 10.1. The van der Waals surface area contributed by atoms with E-state index in [1.807, 2.05) is 7.05 Å². The second kappa shape index (κ2) is 7.36. The average molecular weight is 293 g/mol. The predicted octanol–water partition coefficient (Wildman–Crippen LogP) is 2.99. The second-order valence-corrected chi connectivity index (χ2v) is 6.40. The molecule has 1 N–H and O–H groups in total. The first-order valence-electron chi connectivity index (χ1n) is 8.47. The molecule has 1 saturated heterocycles. The van der Waals surface area contributed by atoms with Gasteiger partial charge in [0, 0.05) is 18.6 Å². The summed E-state index contributed by atoms with van der Waals surface area (Å²) in [5.41, 5.74) is 0. The smallest absolute Gasteiger partial charge is 0.233 e. The molecular formula is C16H27N3O2. The molecule has 0 amide bonds. The molecule has 3 rings (SSSR count). The van der Waals surface area contributed by atoms with E-state index in [0.717, 1.165) is 24.7 Å². The van der Waals surface area contributed by atoms with Gasteiger partial charge in [0.2, 0.25) is 5.89 Å². The van der Waals surface area contributed by atoms with E-state index in [1.165, 1.54) is 44.9 Å². The van der Waals surface area contributed by atoms with E-state index in [-0.39, 0.29) is 5.92 Å². The van der Waals surface area contributed by atoms with Gasteiger partial charge in [-0.05, 0) is 26.3 Å². The van der Waals surface area contributed by atoms with E-state index in [0.29, 0.717) is 18.6 Å². The third-order valence-corrected chi connectivity index (χ3v) is 4.97. The Morgan fingerprint density at radius 2 is 1.81 bits per heavy atom. The molecule has 0 spiro atoms. The zero-order chi connectivity index (χ0) is 14.5. The number of ether oxygens (including phenoxy) is 1. The van der Waals surface area contributed by atoms with Gasteiger partial charge in [0.15, 0.2) is 5.82 Å². The van der Waals surface area contributed by atoms with Crippen LogP contribution in [0.25, 0.3) is 0 Å². The molecule has 2 unspecified atom stereocenters. The van der Waals surface area contributed by atoms with Crippen molar-refractivity contribution >= 4 is 0 Å². The van der Waals surface area contributed by atoms with Crippen LogP contribution < -0.4 is 5.32 Å². The maximum Gasteiger partial charge on any atom is 0.233 e. The molecule has 1 aromatic rings. The zero-order valence-electron chi connectivity index (χ0n) is 13.0. The second-order valence-electron chi connectivity index (χ2n) is 6.40. The summed E-state index contributed by atoms with van der Waals surface area (Å²) in [5.74, 6) is 2.36. The lowest BCUT2D eigenvalue weighted by atomic mass is 9.90. The number of nitrogens with zero attached hydrogens (tertiary/aromatic N) is 2. The molecule has 2 heterocycles. The van der Waals surface area contributed by atoms with Gasteiger partial charge in [-0.15, -0.1) is 0 Å². The SMILES string of the molecule is CNC1CCOCC1c1nc(C2CCCCCCC2)no1. The highest BCUT2D eigenvalue weighted by Gasteiger charge is 2.31. The van der Waals surface area contributed by atoms with Crippen LogP contribution in [-0.2, 0) is 4.74 Å². The molecule has 2 fully saturated rings. The summed E-state index contributed by atoms with van der Waals surface area (Å²) in [6, 6.07) is 0.379. The van der Waals surface area contributed by atoms with E-state index in [2.05, 4.69) is 10.5 Å². The Labute approximate surface area is 126 Å². The maximum atomic E-state index is 5.59. The van der Waals surface area contributed by atoms with Crippen molar-refractivity contribution < 1.29 is 9.26 Å². The standard InChI is InChI=1S/C16H27N3O2/c1-17-14-9-10-20-11-13(14)16-18-15(19-21-16)12-7-5-3-2-4-6-8-12/h12-14,17H,2-11H2,1H3. The van der Waals surface area contributed by atoms with E-state index in [9.17, 15) is 0 Å². The topological polar surface area (TPSA) is 60.2 Å². The van der Waals surface area contributed by atoms with Crippen LogP contribution in [0.5, 0.6) is 0 Å². The van der Waals surface area contributed by atoms with Crippen LogP contribution in [0.1, 0.15) is 74.9 Å². The van der Waals surface area contributed by atoms with E-state index in [4.69, 9.17) is 14.2 Å². The number of rotatable bonds is 3. The van der Waals surface area contributed by atoms with Crippen molar-refractivity contribution in [2.45, 2.75) is 69.2 Å². The lowest BCUT2D eigenvalue weighted by molar-refractivity contribution is 0.0516. The summed E-state index contributed by atoms with van der Waals surface area (Å²) >= 11 is 0. The maximum absolute atomic E-state index is 5.59. The Morgan fingerprint density at radius 1 is 1.05 bits per heavy atom. The van der Waals surface area contributed by atoms with Gasteiger partial charge in [-0.3, -0.25) is 0 Å². The van der Waals surface area contributed by atoms with Gasteiger partial charge in [0.25, 0.3) is 0 Å². The summed E-state index contributed by atoms with van der Waals surface area (Å²) in [7, 11) is 2.00. The first-order chi connectivity index (χ1) is 10.4. The Balaban J connectivity index is 1.69. The molecule has 1 aliphatic carbocycles. The van der Waals surface area contributed by atoms with Crippen molar-refractivity contribution in [3.63, 3.8) is 0 Å². The molecule has 1 aromatic heterocycles. The normalized spacial score (nSPS) is 29.0. The highest BCUT2D eigenvalue weighted by Crippen LogP contribution is 2.31. The van der Waals surface area contributed by atoms with Gasteiger partial charge in [-0.2, -0.15) is 4.98 Å². The first kappa shape index (κ1) is 15.0. The number of hydrogen-bond acceptors (Lipinski definition) is 5. The Bertz CT molecular complexity index is 427. The Morgan fingerprint density at radius 3 is 2.57 bits per heavy atom. The summed E-state index contributed by atoms with van der Waals surface area (Å²) < 4.78 is 11.2. The Hall–Kier alpha value is -0.940. The minimum absolute atomic E-state index is 0.193. The summed E-state index contributed by atoms with van der Waals surface area (Å²) in [4.78, 5) is 4.73. The average Bonchev–Trinajstić information content (AvgIpc) is 2.96. The van der Waals surface area contributed by atoms with E-state index in [1.54, 1.807) is 0 Å². The minimum atomic E-state index is 0.193. The summed E-state index contributed by atoms with van der Waals surface area (Å²) in [6.45, 7) is 1.49. The van der Waals surface area contributed by atoms with Crippen LogP contribution >= 0.6 is 0 Å².